The second-order valence-corrected chi connectivity index (χ2v) is 12.5. The van der Waals surface area contributed by atoms with Crippen LogP contribution in [0.5, 0.6) is 0 Å². The van der Waals surface area contributed by atoms with Gasteiger partial charge in [-0.1, -0.05) is 127 Å². The van der Waals surface area contributed by atoms with Gasteiger partial charge in [-0.15, -0.1) is 0 Å². The lowest BCUT2D eigenvalue weighted by atomic mass is 10.0. The molecular weight excluding hydrogens is 621 g/mol. The molecule has 0 aliphatic carbocycles. The van der Waals surface area contributed by atoms with E-state index >= 15 is 0 Å². The van der Waals surface area contributed by atoms with Crippen molar-refractivity contribution in [3.05, 3.63) is 182 Å². The van der Waals surface area contributed by atoms with Crippen molar-refractivity contribution in [2.75, 3.05) is 0 Å². The van der Waals surface area contributed by atoms with E-state index in [-0.39, 0.29) is 38.8 Å². The van der Waals surface area contributed by atoms with Crippen molar-refractivity contribution in [3.8, 4) is 33.6 Å². The molecule has 0 aliphatic heterocycles. The fourth-order valence-electron chi connectivity index (χ4n) is 7.49. The van der Waals surface area contributed by atoms with Crippen LogP contribution in [0.25, 0.3) is 99.2 Å². The average molecular weight is 662 g/mol. The monoisotopic (exact) mass is 661 g/mol. The smallest absolute Gasteiger partial charge is 0.159 e. The van der Waals surface area contributed by atoms with E-state index in [0.29, 0.717) is 11.0 Å². The fraction of sp³-hybridized carbons (Fsp3) is 0. The fourth-order valence-corrected chi connectivity index (χ4v) is 7.49. The Morgan fingerprint density at radius 3 is 1.73 bits per heavy atom. The summed E-state index contributed by atoms with van der Waals surface area (Å²) in [6.07, 6.45) is 0. The molecule has 0 aliphatic rings. The zero-order valence-corrected chi connectivity index (χ0v) is 26.8. The van der Waals surface area contributed by atoms with Gasteiger partial charge in [0.25, 0.3) is 0 Å². The highest BCUT2D eigenvalue weighted by molar-refractivity contribution is 6.15. The summed E-state index contributed by atoms with van der Waals surface area (Å²) in [5, 5.41) is 3.60. The first-order valence-electron chi connectivity index (χ1n) is 22.0. The Kier molecular flexibility index (Phi) is 4.11. The van der Waals surface area contributed by atoms with Gasteiger partial charge in [-0.05, 0) is 76.8 Å². The molecule has 11 rings (SSSR count). The molecule has 11 aromatic rings. The molecule has 3 nitrogen and oxygen atoms in total. The molecule has 238 valence electrons. The van der Waals surface area contributed by atoms with Crippen LogP contribution in [0.15, 0.2) is 186 Å². The molecule has 3 heterocycles. The molecule has 0 atom stereocenters. The molecule has 0 saturated carbocycles. The summed E-state index contributed by atoms with van der Waals surface area (Å²) in [5.41, 5.74) is 5.09. The van der Waals surface area contributed by atoms with E-state index in [4.69, 9.17) is 16.8 Å². The minimum absolute atomic E-state index is 0.0360. The lowest BCUT2D eigenvalue weighted by molar-refractivity contribution is 0.666. The van der Waals surface area contributed by atoms with E-state index in [1.165, 1.54) is 0 Å². The highest BCUT2D eigenvalue weighted by Gasteiger charge is 2.20. The van der Waals surface area contributed by atoms with Crippen LogP contribution in [0.2, 0.25) is 0 Å². The molecule has 0 N–H and O–H groups in total. The zero-order chi connectivity index (χ0) is 43.0. The van der Waals surface area contributed by atoms with Crippen molar-refractivity contribution in [2.24, 2.45) is 0 Å². The predicted octanol–water partition coefficient (Wildman–Crippen LogP) is 13.1. The Labute approximate surface area is 309 Å². The maximum Gasteiger partial charge on any atom is 0.159 e. The van der Waals surface area contributed by atoms with E-state index in [1.54, 1.807) is 4.57 Å². The molecule has 0 saturated heterocycles. The lowest BCUT2D eigenvalue weighted by Gasteiger charge is -2.13. The molecule has 0 radical (unpaired) electrons. The van der Waals surface area contributed by atoms with E-state index in [9.17, 15) is 2.74 Å². The Balaban J connectivity index is 1.28. The van der Waals surface area contributed by atoms with Gasteiger partial charge < -0.3 is 13.6 Å². The van der Waals surface area contributed by atoms with Crippen molar-refractivity contribution in [3.63, 3.8) is 0 Å². The molecule has 0 amide bonds. The van der Waals surface area contributed by atoms with Crippen LogP contribution in [0.3, 0.4) is 0 Å². The van der Waals surface area contributed by atoms with Gasteiger partial charge in [0, 0.05) is 38.0 Å². The van der Waals surface area contributed by atoms with Gasteiger partial charge in [0.15, 0.2) is 5.58 Å². The maximum absolute atomic E-state index is 9.95. The van der Waals surface area contributed by atoms with Crippen LogP contribution < -0.4 is 0 Å². The lowest BCUT2D eigenvalue weighted by Crippen LogP contribution is -1.96. The van der Waals surface area contributed by atoms with E-state index in [2.05, 4.69) is 47.0 Å². The molecule has 0 bridgehead atoms. The van der Waals surface area contributed by atoms with Crippen LogP contribution in [-0.2, 0) is 0 Å². The summed E-state index contributed by atoms with van der Waals surface area (Å²) in [6.45, 7) is 0. The number of benzene rings is 8. The number of nitrogens with zero attached hydrogens (tertiary/aromatic N) is 2. The predicted molar refractivity (Wildman–Crippen MR) is 213 cm³/mol. The van der Waals surface area contributed by atoms with Crippen LogP contribution in [-0.4, -0.2) is 9.13 Å². The molecule has 0 fully saturated rings. The number of fused-ring (bicyclic) bond motifs is 9. The van der Waals surface area contributed by atoms with Crippen molar-refractivity contribution in [1.82, 2.24) is 9.13 Å². The van der Waals surface area contributed by atoms with Crippen LogP contribution in [0.4, 0.5) is 0 Å². The second kappa shape index (κ2) is 10.8. The van der Waals surface area contributed by atoms with E-state index < -0.39 is 66.5 Å². The van der Waals surface area contributed by atoms with Gasteiger partial charge in [-0.3, -0.25) is 0 Å². The van der Waals surface area contributed by atoms with E-state index in [1.807, 2.05) is 72.8 Å². The van der Waals surface area contributed by atoms with Crippen LogP contribution >= 0.6 is 0 Å². The summed E-state index contributed by atoms with van der Waals surface area (Å²) in [5.74, 6) is 0. The third kappa shape index (κ3) is 4.19. The van der Waals surface area contributed by atoms with Gasteiger partial charge >= 0.3 is 0 Å². The first-order valence-corrected chi connectivity index (χ1v) is 16.5. The summed E-state index contributed by atoms with van der Waals surface area (Å²) < 4.78 is 108. The normalized spacial score (nSPS) is 14.9. The van der Waals surface area contributed by atoms with Crippen molar-refractivity contribution in [1.29, 1.82) is 0 Å². The number of rotatable bonds is 4. The maximum atomic E-state index is 9.95. The van der Waals surface area contributed by atoms with Gasteiger partial charge in [0.2, 0.25) is 0 Å². The summed E-state index contributed by atoms with van der Waals surface area (Å²) >= 11 is 0. The third-order valence-electron chi connectivity index (χ3n) is 9.71. The standard InChI is InChI=1S/C48H30N2O/c1-3-13-31(14-4-1)34-27-41-40-19-9-12-22-47(40)51-48(41)46(30-34)50-43-21-11-8-18-37(43)39-26-24-33(29-45(39)50)32-23-25-38-36-17-7-10-20-42(36)49(44(38)28-32)35-15-5-2-6-16-35/h1-30H/i1D,3D,4D,9D,12D,13D,14D,19D,22D,27D,30D. The van der Waals surface area contributed by atoms with E-state index in [0.717, 1.165) is 49.4 Å². The van der Waals surface area contributed by atoms with Crippen LogP contribution in [0.1, 0.15) is 15.1 Å². The first kappa shape index (κ1) is 19.4. The molecule has 0 unspecified atom stereocenters. The zero-order valence-electron chi connectivity index (χ0n) is 37.8. The molecule has 3 aromatic heterocycles. The van der Waals surface area contributed by atoms with Gasteiger partial charge in [0.1, 0.15) is 5.58 Å². The van der Waals surface area contributed by atoms with Crippen LogP contribution in [0, 0.1) is 0 Å². The molecule has 3 heteroatoms. The molecule has 51 heavy (non-hydrogen) atoms. The number of furan rings is 1. The second-order valence-electron chi connectivity index (χ2n) is 12.5. The molecular formula is C48H30N2O. The minimum atomic E-state index is -0.648. The summed E-state index contributed by atoms with van der Waals surface area (Å²) in [6, 6.07) is 32.2. The summed E-state index contributed by atoms with van der Waals surface area (Å²) in [7, 11) is 0. The number of aromatic nitrogens is 2. The largest absolute Gasteiger partial charge is 0.454 e. The Morgan fingerprint density at radius 2 is 1.00 bits per heavy atom. The Morgan fingerprint density at radius 1 is 0.412 bits per heavy atom. The summed E-state index contributed by atoms with van der Waals surface area (Å²) in [4.78, 5) is 0. The van der Waals surface area contributed by atoms with Gasteiger partial charge in [-0.2, -0.15) is 0 Å². The highest BCUT2D eigenvalue weighted by atomic mass is 16.3. The highest BCUT2D eigenvalue weighted by Crippen LogP contribution is 2.42. The molecule has 8 aromatic carbocycles. The van der Waals surface area contributed by atoms with Gasteiger partial charge in [0.05, 0.1) is 42.8 Å². The van der Waals surface area contributed by atoms with Crippen molar-refractivity contribution < 1.29 is 19.5 Å². The Bertz CT molecular complexity index is 3750. The van der Waals surface area contributed by atoms with Crippen molar-refractivity contribution >= 4 is 65.6 Å². The topological polar surface area (TPSA) is 23.0 Å². The van der Waals surface area contributed by atoms with Gasteiger partial charge in [-0.25, -0.2) is 0 Å². The van der Waals surface area contributed by atoms with Crippen molar-refractivity contribution in [2.45, 2.75) is 0 Å². The number of hydrogen-bond donors (Lipinski definition) is 0. The number of hydrogen-bond acceptors (Lipinski definition) is 1. The molecule has 0 spiro atoms. The minimum Gasteiger partial charge on any atom is -0.454 e. The third-order valence-corrected chi connectivity index (χ3v) is 9.71. The average Bonchev–Trinajstić information content (AvgIpc) is 3.96. The SMILES string of the molecule is [2H]c1c([2H])c([2H])c(-c2c([2H])c(-n3c4ccccc4c4ccc(-c5ccc6c7ccccc7n(-c7ccccc7)c6c5)cc43)c3oc4c([2H])c([2H])c([2H])c([2H])c4c3c2[2H])c([2H])c1[2H]. The number of para-hydroxylation sites is 4. The first-order chi connectivity index (χ1) is 29.9. The Hall–Kier alpha value is -6.84. The quantitative estimate of drug-likeness (QED) is 0.184.